The lowest BCUT2D eigenvalue weighted by Gasteiger charge is -2.35. The molecule has 2 heterocycles. The SMILES string of the molecule is c1ccc(-c2cccc(-c3cccc(-n4c5ccc(-n6c7ccccc7c7c(-c8ccccc8)cccc76)cc5c5c([Si](c6ccccc6)(c6ccccc6)c6ccccc6)cccc54)c3)c2)cc1. The van der Waals surface area contributed by atoms with Crippen LogP contribution in [0.3, 0.4) is 0 Å². The second-order valence-corrected chi connectivity index (χ2v) is 21.8. The molecule has 0 spiro atoms. The molecule has 0 aliphatic rings. The molecule has 13 rings (SSSR count). The van der Waals surface area contributed by atoms with Crippen LogP contribution in [0, 0.1) is 0 Å². The Morgan fingerprint density at radius 3 is 1.32 bits per heavy atom. The second kappa shape index (κ2) is 16.8. The fraction of sp³-hybridized carbons (Fsp3) is 0. The van der Waals surface area contributed by atoms with E-state index in [9.17, 15) is 0 Å². The standard InChI is InChI=1S/C66H46N2Si/c1-6-22-47(23-7-1)49-26-18-27-50(44-49)51-28-19-29-52(45-51)67-61-43-42-53(68-60-38-17-16-36-58(60)65-57(37-20-39-62(65)68)48-24-8-2-9-25-48)46-59(61)66-63(67)40-21-41-64(66)69(54-30-10-3-11-31-54,55-32-12-4-13-33-55)56-34-14-5-15-35-56/h1-46H. The lowest BCUT2D eigenvalue weighted by atomic mass is 9.99. The van der Waals surface area contributed by atoms with E-state index in [4.69, 9.17) is 0 Å². The number of hydrogen-bond acceptors (Lipinski definition) is 0. The molecule has 11 aromatic carbocycles. The molecule has 2 aromatic heterocycles. The largest absolute Gasteiger partial charge is 0.309 e. The first-order valence-electron chi connectivity index (χ1n) is 23.8. The van der Waals surface area contributed by atoms with Gasteiger partial charge in [-0.15, -0.1) is 0 Å². The van der Waals surface area contributed by atoms with E-state index in [-0.39, 0.29) is 0 Å². The molecular weight excluding hydrogens is 849 g/mol. The summed E-state index contributed by atoms with van der Waals surface area (Å²) in [6.07, 6.45) is 0. The molecule has 0 amide bonds. The molecule has 0 atom stereocenters. The minimum absolute atomic E-state index is 1.12. The molecule has 0 N–H and O–H groups in total. The molecule has 0 radical (unpaired) electrons. The highest BCUT2D eigenvalue weighted by Crippen LogP contribution is 2.41. The van der Waals surface area contributed by atoms with Crippen molar-refractivity contribution in [3.05, 3.63) is 279 Å². The van der Waals surface area contributed by atoms with E-state index in [0.717, 1.165) is 11.4 Å². The van der Waals surface area contributed by atoms with Crippen molar-refractivity contribution >= 4 is 72.4 Å². The Labute approximate surface area is 403 Å². The van der Waals surface area contributed by atoms with Crippen molar-refractivity contribution < 1.29 is 0 Å². The molecule has 2 nitrogen and oxygen atoms in total. The maximum absolute atomic E-state index is 3.01. The Morgan fingerprint density at radius 1 is 0.246 bits per heavy atom. The minimum Gasteiger partial charge on any atom is -0.309 e. The number of rotatable bonds is 9. The monoisotopic (exact) mass is 894 g/mol. The average Bonchev–Trinajstić information content (AvgIpc) is 3.96. The molecule has 69 heavy (non-hydrogen) atoms. The van der Waals surface area contributed by atoms with Crippen LogP contribution in [0.1, 0.15) is 0 Å². The van der Waals surface area contributed by atoms with Gasteiger partial charge in [0.2, 0.25) is 0 Å². The van der Waals surface area contributed by atoms with Crippen LogP contribution in [-0.2, 0) is 0 Å². The molecule has 324 valence electrons. The van der Waals surface area contributed by atoms with Crippen LogP contribution >= 0.6 is 0 Å². The van der Waals surface area contributed by atoms with E-state index in [2.05, 4.69) is 288 Å². The summed E-state index contributed by atoms with van der Waals surface area (Å²) < 4.78 is 5.00. The predicted octanol–water partition coefficient (Wildman–Crippen LogP) is 14.3. The third kappa shape index (κ3) is 6.62. The van der Waals surface area contributed by atoms with Crippen molar-refractivity contribution in [3.8, 4) is 44.8 Å². The Balaban J connectivity index is 1.13. The predicted molar refractivity (Wildman–Crippen MR) is 295 cm³/mol. The number of nitrogens with zero attached hydrogens (tertiary/aromatic N) is 2. The van der Waals surface area contributed by atoms with Gasteiger partial charge >= 0.3 is 0 Å². The highest BCUT2D eigenvalue weighted by atomic mass is 28.3. The molecule has 0 fully saturated rings. The molecule has 0 aliphatic carbocycles. The molecular formula is C66H46N2Si. The first-order chi connectivity index (χ1) is 34.3. The summed E-state index contributed by atoms with van der Waals surface area (Å²) >= 11 is 0. The highest BCUT2D eigenvalue weighted by molar-refractivity contribution is 7.20. The molecule has 0 saturated carbocycles. The summed E-state index contributed by atoms with van der Waals surface area (Å²) in [5, 5.41) is 10.4. The van der Waals surface area contributed by atoms with Crippen molar-refractivity contribution in [1.29, 1.82) is 0 Å². The van der Waals surface area contributed by atoms with Crippen LogP contribution in [-0.4, -0.2) is 17.2 Å². The Hall–Kier alpha value is -8.76. The number of aromatic nitrogens is 2. The second-order valence-electron chi connectivity index (χ2n) is 18.0. The zero-order chi connectivity index (χ0) is 45.7. The van der Waals surface area contributed by atoms with Gasteiger partial charge in [-0.05, 0) is 109 Å². The van der Waals surface area contributed by atoms with Crippen LogP contribution in [0.4, 0.5) is 0 Å². The van der Waals surface area contributed by atoms with Crippen LogP contribution in [0.15, 0.2) is 279 Å². The number of benzene rings is 11. The Morgan fingerprint density at radius 2 is 0.681 bits per heavy atom. The summed E-state index contributed by atoms with van der Waals surface area (Å²) in [6.45, 7) is 0. The van der Waals surface area contributed by atoms with Crippen LogP contribution in [0.25, 0.3) is 88.4 Å². The summed E-state index contributed by atoms with van der Waals surface area (Å²) in [6, 6.07) is 103. The summed E-state index contributed by atoms with van der Waals surface area (Å²) in [7, 11) is -3.01. The van der Waals surface area contributed by atoms with Gasteiger partial charge in [-0.2, -0.15) is 0 Å². The molecule has 0 bridgehead atoms. The van der Waals surface area contributed by atoms with Gasteiger partial charge in [0.1, 0.15) is 0 Å². The first-order valence-corrected chi connectivity index (χ1v) is 25.8. The lowest BCUT2D eigenvalue weighted by molar-refractivity contribution is 1.17. The Kier molecular flexibility index (Phi) is 9.88. The lowest BCUT2D eigenvalue weighted by Crippen LogP contribution is -2.74. The summed E-state index contributed by atoms with van der Waals surface area (Å²) in [5.74, 6) is 0. The van der Waals surface area contributed by atoms with E-state index >= 15 is 0 Å². The molecule has 0 unspecified atom stereocenters. The fourth-order valence-corrected chi connectivity index (χ4v) is 16.3. The van der Waals surface area contributed by atoms with Gasteiger partial charge in [0.05, 0.1) is 22.1 Å². The normalized spacial score (nSPS) is 11.8. The van der Waals surface area contributed by atoms with Crippen LogP contribution in [0.5, 0.6) is 0 Å². The maximum Gasteiger partial charge on any atom is 0.180 e. The summed E-state index contributed by atoms with van der Waals surface area (Å²) in [5.41, 5.74) is 14.2. The number of fused-ring (bicyclic) bond motifs is 6. The van der Waals surface area contributed by atoms with Gasteiger partial charge in [0.25, 0.3) is 0 Å². The van der Waals surface area contributed by atoms with Crippen molar-refractivity contribution in [1.82, 2.24) is 9.13 Å². The highest BCUT2D eigenvalue weighted by Gasteiger charge is 2.43. The molecule has 0 saturated heterocycles. The van der Waals surface area contributed by atoms with Gasteiger partial charge in [0.15, 0.2) is 8.07 Å². The quantitative estimate of drug-likeness (QED) is 0.101. The van der Waals surface area contributed by atoms with E-state index < -0.39 is 8.07 Å². The van der Waals surface area contributed by atoms with Crippen molar-refractivity contribution in [2.75, 3.05) is 0 Å². The van der Waals surface area contributed by atoms with Crippen LogP contribution in [0.2, 0.25) is 0 Å². The number of para-hydroxylation sites is 1. The van der Waals surface area contributed by atoms with Crippen molar-refractivity contribution in [3.63, 3.8) is 0 Å². The fourth-order valence-electron chi connectivity index (χ4n) is 11.3. The average molecular weight is 895 g/mol. The van der Waals surface area contributed by atoms with E-state index in [1.165, 1.54) is 97.7 Å². The third-order valence-electron chi connectivity index (χ3n) is 14.2. The first kappa shape index (κ1) is 40.5. The smallest absolute Gasteiger partial charge is 0.180 e. The minimum atomic E-state index is -3.01. The molecule has 13 aromatic rings. The Bertz CT molecular complexity index is 3890. The zero-order valence-corrected chi connectivity index (χ0v) is 39.0. The molecule has 3 heteroatoms. The van der Waals surface area contributed by atoms with Gasteiger partial charge in [-0.3, -0.25) is 0 Å². The van der Waals surface area contributed by atoms with Gasteiger partial charge in [0, 0.05) is 32.9 Å². The van der Waals surface area contributed by atoms with Crippen LogP contribution < -0.4 is 20.7 Å². The molecule has 0 aliphatic heterocycles. The third-order valence-corrected chi connectivity index (χ3v) is 19.1. The van der Waals surface area contributed by atoms with Gasteiger partial charge < -0.3 is 9.13 Å². The topological polar surface area (TPSA) is 9.86 Å². The maximum atomic E-state index is 2.52. The summed E-state index contributed by atoms with van der Waals surface area (Å²) in [4.78, 5) is 0. The van der Waals surface area contributed by atoms with E-state index in [0.29, 0.717) is 0 Å². The zero-order valence-electron chi connectivity index (χ0n) is 38.0. The number of hydrogen-bond donors (Lipinski definition) is 0. The van der Waals surface area contributed by atoms with Crippen molar-refractivity contribution in [2.24, 2.45) is 0 Å². The van der Waals surface area contributed by atoms with Crippen molar-refractivity contribution in [2.45, 2.75) is 0 Å². The van der Waals surface area contributed by atoms with Gasteiger partial charge in [-0.1, -0.05) is 224 Å². The van der Waals surface area contributed by atoms with Gasteiger partial charge in [-0.25, -0.2) is 0 Å². The van der Waals surface area contributed by atoms with E-state index in [1.54, 1.807) is 0 Å². The van der Waals surface area contributed by atoms with E-state index in [1.807, 2.05) is 0 Å².